The lowest BCUT2D eigenvalue weighted by Gasteiger charge is -2.27. The molecular formula is C13H25NO2. The Bertz CT molecular complexity index is 224. The van der Waals surface area contributed by atoms with Crippen LogP contribution in [0.3, 0.4) is 0 Å². The molecule has 1 N–H and O–H groups in total. The molecule has 0 saturated carbocycles. The number of hydrogen-bond acceptors (Lipinski definition) is 2. The fraction of sp³-hybridized carbons (Fsp3) is 0.923. The summed E-state index contributed by atoms with van der Waals surface area (Å²) in [5.74, 6) is -0.480. The van der Waals surface area contributed by atoms with Crippen LogP contribution in [0.25, 0.3) is 0 Å². The van der Waals surface area contributed by atoms with E-state index in [0.717, 1.165) is 13.1 Å². The molecule has 0 unspecified atom stereocenters. The van der Waals surface area contributed by atoms with E-state index in [1.807, 2.05) is 0 Å². The third-order valence-electron chi connectivity index (χ3n) is 3.72. The Balaban J connectivity index is 2.56. The van der Waals surface area contributed by atoms with E-state index in [0.29, 0.717) is 12.0 Å². The summed E-state index contributed by atoms with van der Waals surface area (Å²) in [5.41, 5.74) is 0. The number of carbonyl (C=O) groups is 1. The monoisotopic (exact) mass is 227 g/mol. The highest BCUT2D eigenvalue weighted by molar-refractivity contribution is 5.71. The molecule has 0 bridgehead atoms. The Hall–Kier alpha value is -0.570. The number of rotatable bonds is 6. The molecule has 3 heteroatoms. The van der Waals surface area contributed by atoms with E-state index in [9.17, 15) is 4.79 Å². The minimum Gasteiger partial charge on any atom is -0.481 e. The molecule has 0 amide bonds. The van der Waals surface area contributed by atoms with Crippen LogP contribution in [0.4, 0.5) is 0 Å². The number of likely N-dealkylation sites (tertiary alicyclic amines) is 1. The van der Waals surface area contributed by atoms with Crippen molar-refractivity contribution in [2.75, 3.05) is 13.1 Å². The molecule has 0 aromatic carbocycles. The first-order valence-electron chi connectivity index (χ1n) is 6.56. The molecule has 1 heterocycles. The van der Waals surface area contributed by atoms with Crippen LogP contribution in [0.5, 0.6) is 0 Å². The molecule has 3 nitrogen and oxygen atoms in total. The molecule has 1 saturated heterocycles. The van der Waals surface area contributed by atoms with E-state index in [1.165, 1.54) is 25.7 Å². The van der Waals surface area contributed by atoms with Crippen molar-refractivity contribution in [3.8, 4) is 0 Å². The molecule has 1 aliphatic heterocycles. The number of carboxylic acid groups (broad SMARTS) is 1. The quantitative estimate of drug-likeness (QED) is 0.758. The first kappa shape index (κ1) is 13.5. The van der Waals surface area contributed by atoms with E-state index in [1.54, 1.807) is 0 Å². The average Bonchev–Trinajstić information content (AvgIpc) is 2.60. The van der Waals surface area contributed by atoms with Gasteiger partial charge >= 0.3 is 5.97 Å². The number of aliphatic carboxylic acids is 1. The number of nitrogens with zero attached hydrogens (tertiary/aromatic N) is 1. The van der Waals surface area contributed by atoms with Crippen molar-refractivity contribution in [3.05, 3.63) is 0 Å². The van der Waals surface area contributed by atoms with Crippen LogP contribution in [-0.2, 0) is 4.79 Å². The van der Waals surface area contributed by atoms with Gasteiger partial charge in [-0.2, -0.15) is 0 Å². The lowest BCUT2D eigenvalue weighted by Crippen LogP contribution is -2.34. The maximum absolute atomic E-state index is 11.1. The number of hydrogen-bond donors (Lipinski definition) is 1. The Kier molecular flexibility index (Phi) is 5.26. The van der Waals surface area contributed by atoms with Gasteiger partial charge in [0.05, 0.1) is 5.92 Å². The van der Waals surface area contributed by atoms with Crippen molar-refractivity contribution in [3.63, 3.8) is 0 Å². The predicted molar refractivity (Wildman–Crippen MR) is 65.5 cm³/mol. The van der Waals surface area contributed by atoms with E-state index in [4.69, 9.17) is 5.11 Å². The molecule has 2 atom stereocenters. The molecule has 0 aliphatic carbocycles. The molecule has 0 aromatic rings. The first-order valence-corrected chi connectivity index (χ1v) is 6.56. The zero-order chi connectivity index (χ0) is 12.1. The molecule has 1 fully saturated rings. The second-order valence-electron chi connectivity index (χ2n) is 5.11. The summed E-state index contributed by atoms with van der Waals surface area (Å²) >= 11 is 0. The summed E-state index contributed by atoms with van der Waals surface area (Å²) in [6.07, 6.45) is 4.78. The summed E-state index contributed by atoms with van der Waals surface area (Å²) in [7, 11) is 0. The first-order chi connectivity index (χ1) is 7.60. The van der Waals surface area contributed by atoms with Crippen molar-refractivity contribution < 1.29 is 9.90 Å². The van der Waals surface area contributed by atoms with Crippen LogP contribution in [0, 0.1) is 11.8 Å². The van der Waals surface area contributed by atoms with Gasteiger partial charge in [0, 0.05) is 19.1 Å². The van der Waals surface area contributed by atoms with Gasteiger partial charge in [0.15, 0.2) is 0 Å². The zero-order valence-corrected chi connectivity index (χ0v) is 10.8. The van der Waals surface area contributed by atoms with Crippen molar-refractivity contribution in [2.24, 2.45) is 11.8 Å². The Labute approximate surface area is 98.8 Å². The van der Waals surface area contributed by atoms with E-state index in [2.05, 4.69) is 25.7 Å². The second-order valence-corrected chi connectivity index (χ2v) is 5.11. The largest absolute Gasteiger partial charge is 0.481 e. The van der Waals surface area contributed by atoms with E-state index < -0.39 is 5.97 Å². The van der Waals surface area contributed by atoms with Crippen molar-refractivity contribution in [2.45, 2.75) is 52.5 Å². The Morgan fingerprint density at radius 2 is 1.88 bits per heavy atom. The van der Waals surface area contributed by atoms with Gasteiger partial charge < -0.3 is 5.11 Å². The minimum atomic E-state index is -0.623. The Morgan fingerprint density at radius 3 is 2.25 bits per heavy atom. The highest BCUT2D eigenvalue weighted by Crippen LogP contribution is 2.27. The molecular weight excluding hydrogens is 202 g/mol. The van der Waals surface area contributed by atoms with Crippen LogP contribution in [-0.4, -0.2) is 35.1 Å². The van der Waals surface area contributed by atoms with Gasteiger partial charge in [0.2, 0.25) is 0 Å². The Morgan fingerprint density at radius 1 is 1.31 bits per heavy atom. The van der Waals surface area contributed by atoms with E-state index in [-0.39, 0.29) is 5.92 Å². The lowest BCUT2D eigenvalue weighted by molar-refractivity contribution is -0.142. The molecule has 0 aromatic heterocycles. The summed E-state index contributed by atoms with van der Waals surface area (Å²) in [5, 5.41) is 9.12. The van der Waals surface area contributed by atoms with Gasteiger partial charge in [-0.25, -0.2) is 0 Å². The maximum atomic E-state index is 11.1. The lowest BCUT2D eigenvalue weighted by atomic mass is 9.99. The maximum Gasteiger partial charge on any atom is 0.308 e. The zero-order valence-electron chi connectivity index (χ0n) is 10.8. The summed E-state index contributed by atoms with van der Waals surface area (Å²) in [6.45, 7) is 8.18. The number of carboxylic acids is 1. The normalized spacial score (nSPS) is 26.5. The summed E-state index contributed by atoms with van der Waals surface area (Å²) in [4.78, 5) is 13.5. The van der Waals surface area contributed by atoms with Gasteiger partial charge in [0.1, 0.15) is 0 Å². The molecule has 0 spiro atoms. The average molecular weight is 227 g/mol. The summed E-state index contributed by atoms with van der Waals surface area (Å²) in [6, 6.07) is 0.599. The fourth-order valence-corrected chi connectivity index (χ4v) is 2.80. The third-order valence-corrected chi connectivity index (χ3v) is 3.72. The van der Waals surface area contributed by atoms with Crippen LogP contribution >= 0.6 is 0 Å². The van der Waals surface area contributed by atoms with Crippen molar-refractivity contribution in [1.29, 1.82) is 0 Å². The van der Waals surface area contributed by atoms with Gasteiger partial charge in [-0.3, -0.25) is 9.69 Å². The van der Waals surface area contributed by atoms with Crippen LogP contribution in [0.15, 0.2) is 0 Å². The van der Waals surface area contributed by atoms with Gasteiger partial charge in [-0.05, 0) is 18.8 Å². The molecule has 16 heavy (non-hydrogen) atoms. The second kappa shape index (κ2) is 6.24. The smallest absolute Gasteiger partial charge is 0.308 e. The summed E-state index contributed by atoms with van der Waals surface area (Å²) < 4.78 is 0. The predicted octanol–water partition coefficient (Wildman–Crippen LogP) is 2.61. The highest BCUT2D eigenvalue weighted by atomic mass is 16.4. The van der Waals surface area contributed by atoms with Gasteiger partial charge in [0.25, 0.3) is 0 Å². The topological polar surface area (TPSA) is 40.5 Å². The van der Waals surface area contributed by atoms with Gasteiger partial charge in [-0.15, -0.1) is 0 Å². The van der Waals surface area contributed by atoms with Crippen molar-refractivity contribution >= 4 is 5.97 Å². The van der Waals surface area contributed by atoms with Gasteiger partial charge in [-0.1, -0.05) is 33.6 Å². The molecule has 0 radical (unpaired) electrons. The molecule has 94 valence electrons. The SMILES string of the molecule is CCCC(CCC)N1C[C@@H](C)[C@H](C(=O)O)C1. The van der Waals surface area contributed by atoms with Crippen LogP contribution < -0.4 is 0 Å². The van der Waals surface area contributed by atoms with Crippen molar-refractivity contribution in [1.82, 2.24) is 4.90 Å². The fourth-order valence-electron chi connectivity index (χ4n) is 2.80. The molecule has 1 rings (SSSR count). The highest BCUT2D eigenvalue weighted by Gasteiger charge is 2.36. The standard InChI is InChI=1S/C13H25NO2/c1-4-6-11(7-5-2)14-8-10(3)12(9-14)13(15)16/h10-12H,4-9H2,1-3H3,(H,15,16)/t10-,12-/m1/s1. The van der Waals surface area contributed by atoms with Crippen LogP contribution in [0.1, 0.15) is 46.5 Å². The molecule has 1 aliphatic rings. The third kappa shape index (κ3) is 3.21. The van der Waals surface area contributed by atoms with E-state index >= 15 is 0 Å². The minimum absolute atomic E-state index is 0.156. The van der Waals surface area contributed by atoms with Crippen LogP contribution in [0.2, 0.25) is 0 Å².